The molecule has 0 bridgehead atoms. The normalized spacial score (nSPS) is 15.8. The van der Waals surface area contributed by atoms with Crippen molar-refractivity contribution >= 4 is 45.6 Å². The van der Waals surface area contributed by atoms with E-state index >= 15 is 0 Å². The van der Waals surface area contributed by atoms with E-state index in [0.29, 0.717) is 38.6 Å². The molecule has 1 aromatic carbocycles. The van der Waals surface area contributed by atoms with Crippen molar-refractivity contribution in [1.82, 2.24) is 9.97 Å². The molecule has 0 amide bonds. The van der Waals surface area contributed by atoms with Crippen molar-refractivity contribution in [2.75, 3.05) is 45.1 Å². The van der Waals surface area contributed by atoms with Crippen LogP contribution in [0.3, 0.4) is 0 Å². The van der Waals surface area contributed by atoms with Crippen LogP contribution in [-0.4, -0.2) is 50.0 Å². The topological polar surface area (TPSA) is 82.7 Å². The molecule has 7 nitrogen and oxygen atoms in total. The van der Waals surface area contributed by atoms with Gasteiger partial charge in [-0.05, 0) is 31.9 Å². The Bertz CT molecular complexity index is 1140. The Kier molecular flexibility index (Phi) is 6.25. The molecule has 170 valence electrons. The summed E-state index contributed by atoms with van der Waals surface area (Å²) in [5.74, 6) is 2.15. The van der Waals surface area contributed by atoms with Crippen molar-refractivity contribution in [3.05, 3.63) is 34.4 Å². The minimum atomic E-state index is -0.142. The van der Waals surface area contributed by atoms with Gasteiger partial charge >= 0.3 is 0 Å². The van der Waals surface area contributed by atoms with Crippen molar-refractivity contribution in [3.8, 4) is 22.8 Å². The maximum Gasteiger partial charge on any atom is 0.141 e. The average Bonchev–Trinajstić information content (AvgIpc) is 2.79. The predicted molar refractivity (Wildman–Crippen MR) is 129 cm³/mol. The largest absolute Gasteiger partial charge is 0.495 e. The number of rotatable bonds is 5. The Balaban J connectivity index is 1.91. The van der Waals surface area contributed by atoms with Crippen LogP contribution in [0.1, 0.15) is 19.8 Å². The molecule has 4 rings (SSSR count). The molecule has 0 saturated carbocycles. The van der Waals surface area contributed by atoms with Crippen LogP contribution in [0.2, 0.25) is 10.0 Å². The minimum absolute atomic E-state index is 0.142. The fourth-order valence-electron chi connectivity index (χ4n) is 4.02. The quantitative estimate of drug-likeness (QED) is 0.540. The predicted octanol–water partition coefficient (Wildman–Crippen LogP) is 5.21. The van der Waals surface area contributed by atoms with Gasteiger partial charge in [-0.1, -0.05) is 23.2 Å². The average molecular weight is 477 g/mol. The van der Waals surface area contributed by atoms with E-state index in [4.69, 9.17) is 48.1 Å². The van der Waals surface area contributed by atoms with Crippen LogP contribution in [0.25, 0.3) is 22.0 Å². The van der Waals surface area contributed by atoms with E-state index in [1.165, 1.54) is 0 Å². The first-order valence-corrected chi connectivity index (χ1v) is 11.0. The second-order valence-electron chi connectivity index (χ2n) is 8.09. The summed E-state index contributed by atoms with van der Waals surface area (Å²) in [6.45, 7) is 3.72. The molecule has 9 heteroatoms. The lowest BCUT2D eigenvalue weighted by Gasteiger charge is -2.39. The van der Waals surface area contributed by atoms with Gasteiger partial charge in [0.25, 0.3) is 0 Å². The van der Waals surface area contributed by atoms with Crippen LogP contribution < -0.4 is 20.1 Å². The lowest BCUT2D eigenvalue weighted by Crippen LogP contribution is -2.44. The van der Waals surface area contributed by atoms with Gasteiger partial charge in [-0.3, -0.25) is 0 Å². The van der Waals surface area contributed by atoms with E-state index in [1.807, 2.05) is 12.1 Å². The zero-order valence-electron chi connectivity index (χ0n) is 18.5. The molecule has 1 fully saturated rings. The SMILES string of the molecule is COc1cc(OC)c(Cl)c(-c2cc3cnc(N)cc3c(N3CCC(C)(OC)CC3)n2)c1Cl. The maximum atomic E-state index is 6.68. The third-order valence-electron chi connectivity index (χ3n) is 6.16. The van der Waals surface area contributed by atoms with Crippen LogP contribution in [0.4, 0.5) is 11.6 Å². The van der Waals surface area contributed by atoms with Crippen LogP contribution >= 0.6 is 23.2 Å². The second kappa shape index (κ2) is 8.81. The van der Waals surface area contributed by atoms with Gasteiger partial charge in [0, 0.05) is 48.8 Å². The first kappa shape index (κ1) is 22.7. The molecule has 1 aliphatic rings. The number of nitrogen functional groups attached to an aromatic ring is 1. The standard InChI is InChI=1S/C23H26Cl2N4O3/c1-23(32-4)5-7-29(8-6-23)22-14-10-18(26)27-12-13(14)9-15(28-22)19-20(24)16(30-2)11-17(31-3)21(19)25/h9-12H,5-8H2,1-4H3,(H2,26,27). The second-order valence-corrected chi connectivity index (χ2v) is 8.84. The number of fused-ring (bicyclic) bond motifs is 1. The number of hydrogen-bond acceptors (Lipinski definition) is 7. The van der Waals surface area contributed by atoms with Crippen LogP contribution in [0.15, 0.2) is 24.4 Å². The van der Waals surface area contributed by atoms with Gasteiger partial charge in [0.15, 0.2) is 0 Å². The van der Waals surface area contributed by atoms with Gasteiger partial charge in [0.2, 0.25) is 0 Å². The maximum absolute atomic E-state index is 6.68. The van der Waals surface area contributed by atoms with Gasteiger partial charge in [0.1, 0.15) is 23.1 Å². The van der Waals surface area contributed by atoms with Gasteiger partial charge in [-0.25, -0.2) is 9.97 Å². The van der Waals surface area contributed by atoms with Gasteiger partial charge in [-0.15, -0.1) is 0 Å². The molecule has 2 N–H and O–H groups in total. The summed E-state index contributed by atoms with van der Waals surface area (Å²) in [4.78, 5) is 11.5. The molecule has 1 saturated heterocycles. The third kappa shape index (κ3) is 4.00. The summed E-state index contributed by atoms with van der Waals surface area (Å²) in [7, 11) is 4.85. The Morgan fingerprint density at radius 2 is 1.62 bits per heavy atom. The fourth-order valence-corrected chi connectivity index (χ4v) is 4.71. The molecule has 0 atom stereocenters. The molecular weight excluding hydrogens is 451 g/mol. The van der Waals surface area contributed by atoms with Crippen molar-refractivity contribution in [2.24, 2.45) is 0 Å². The molecule has 2 aromatic heterocycles. The highest BCUT2D eigenvalue weighted by Crippen LogP contribution is 2.46. The highest BCUT2D eigenvalue weighted by atomic mass is 35.5. The zero-order valence-corrected chi connectivity index (χ0v) is 20.0. The molecule has 0 aliphatic carbocycles. The summed E-state index contributed by atoms with van der Waals surface area (Å²) >= 11 is 13.4. The number of halogens is 2. The molecule has 32 heavy (non-hydrogen) atoms. The Labute approximate surface area is 197 Å². The first-order chi connectivity index (χ1) is 15.3. The van der Waals surface area contributed by atoms with E-state index in [1.54, 1.807) is 33.6 Å². The van der Waals surface area contributed by atoms with Crippen molar-refractivity contribution in [3.63, 3.8) is 0 Å². The smallest absolute Gasteiger partial charge is 0.141 e. The van der Waals surface area contributed by atoms with E-state index in [9.17, 15) is 0 Å². The summed E-state index contributed by atoms with van der Waals surface area (Å²) < 4.78 is 16.6. The van der Waals surface area contributed by atoms with Crippen molar-refractivity contribution in [2.45, 2.75) is 25.4 Å². The number of piperidine rings is 1. The number of nitrogens with zero attached hydrogens (tertiary/aromatic N) is 3. The highest BCUT2D eigenvalue weighted by molar-refractivity contribution is 6.41. The fraction of sp³-hybridized carbons (Fsp3) is 0.391. The lowest BCUT2D eigenvalue weighted by atomic mass is 9.93. The molecule has 0 unspecified atom stereocenters. The number of anilines is 2. The summed E-state index contributed by atoms with van der Waals surface area (Å²) in [5.41, 5.74) is 7.01. The summed E-state index contributed by atoms with van der Waals surface area (Å²) in [6, 6.07) is 5.41. The number of aromatic nitrogens is 2. The molecular formula is C23H26Cl2N4O3. The Morgan fingerprint density at radius 1 is 1.00 bits per heavy atom. The monoisotopic (exact) mass is 476 g/mol. The minimum Gasteiger partial charge on any atom is -0.495 e. The number of methoxy groups -OCH3 is 3. The van der Waals surface area contributed by atoms with E-state index < -0.39 is 0 Å². The molecule has 1 aliphatic heterocycles. The Hall–Kier alpha value is -2.48. The first-order valence-electron chi connectivity index (χ1n) is 10.3. The number of nitrogens with two attached hydrogens (primary N) is 1. The van der Waals surface area contributed by atoms with Crippen LogP contribution in [0.5, 0.6) is 11.5 Å². The number of benzene rings is 1. The highest BCUT2D eigenvalue weighted by Gasteiger charge is 2.31. The molecule has 0 radical (unpaired) electrons. The van der Waals surface area contributed by atoms with Crippen molar-refractivity contribution < 1.29 is 14.2 Å². The number of hydrogen-bond donors (Lipinski definition) is 1. The lowest BCUT2D eigenvalue weighted by molar-refractivity contribution is -0.0133. The zero-order chi connectivity index (χ0) is 23.0. The summed E-state index contributed by atoms with van der Waals surface area (Å²) in [5, 5.41) is 2.53. The van der Waals surface area contributed by atoms with E-state index in [0.717, 1.165) is 42.5 Å². The van der Waals surface area contributed by atoms with Crippen LogP contribution in [0, 0.1) is 0 Å². The number of pyridine rings is 2. The molecule has 3 heterocycles. The molecule has 0 spiro atoms. The number of ether oxygens (including phenoxy) is 3. The summed E-state index contributed by atoms with van der Waals surface area (Å²) in [6.07, 6.45) is 3.50. The van der Waals surface area contributed by atoms with Crippen molar-refractivity contribution in [1.29, 1.82) is 0 Å². The van der Waals surface area contributed by atoms with Gasteiger partial charge in [0.05, 0.1) is 35.6 Å². The van der Waals surface area contributed by atoms with Gasteiger partial charge in [-0.2, -0.15) is 0 Å². The van der Waals surface area contributed by atoms with Gasteiger partial charge < -0.3 is 24.8 Å². The Morgan fingerprint density at radius 3 is 2.19 bits per heavy atom. The van der Waals surface area contributed by atoms with E-state index in [2.05, 4.69) is 16.8 Å². The van der Waals surface area contributed by atoms with E-state index in [-0.39, 0.29) is 5.60 Å². The molecule has 3 aromatic rings. The third-order valence-corrected chi connectivity index (χ3v) is 6.91. The van der Waals surface area contributed by atoms with Crippen LogP contribution in [-0.2, 0) is 4.74 Å².